The molecule has 106 valence electrons. The number of nitrogens with zero attached hydrogens (tertiary/aromatic N) is 2. The van der Waals surface area contributed by atoms with Gasteiger partial charge >= 0.3 is 0 Å². The summed E-state index contributed by atoms with van der Waals surface area (Å²) in [6.07, 6.45) is 3.35. The van der Waals surface area contributed by atoms with Gasteiger partial charge in [-0.2, -0.15) is 5.10 Å². The molecule has 2 aromatic rings. The van der Waals surface area contributed by atoms with Gasteiger partial charge in [-0.15, -0.1) is 0 Å². The maximum absolute atomic E-state index is 12.9. The van der Waals surface area contributed by atoms with Crippen LogP contribution >= 0.6 is 11.6 Å². The van der Waals surface area contributed by atoms with Crippen molar-refractivity contribution in [1.82, 2.24) is 15.1 Å². The molecule has 0 aliphatic rings. The highest BCUT2D eigenvalue weighted by Crippen LogP contribution is 2.24. The molecule has 0 atom stereocenters. The summed E-state index contributed by atoms with van der Waals surface area (Å²) in [5.74, 6) is -0.393. The molecule has 0 aliphatic heterocycles. The maximum Gasteiger partial charge on any atom is 0.260 e. The monoisotopic (exact) mass is 297 g/mol. The molecule has 1 aromatic heterocycles. The fraction of sp³-hybridized carbons (Fsp3) is 0.231. The molecule has 0 unspecified atom stereocenters. The van der Waals surface area contributed by atoms with E-state index < -0.39 is 5.82 Å². The number of aromatic amines is 1. The van der Waals surface area contributed by atoms with Crippen molar-refractivity contribution in [2.24, 2.45) is 0 Å². The van der Waals surface area contributed by atoms with Gasteiger partial charge in [-0.25, -0.2) is 4.39 Å². The number of halogens is 2. The molecule has 7 heteroatoms. The third-order valence-electron chi connectivity index (χ3n) is 2.65. The Labute approximate surface area is 120 Å². The number of carbonyl (C=O) groups excluding carboxylic acids is 1. The molecule has 0 bridgehead atoms. The maximum atomic E-state index is 12.9. The predicted octanol–water partition coefficient (Wildman–Crippen LogP) is 2.24. The zero-order valence-electron chi connectivity index (χ0n) is 10.8. The highest BCUT2D eigenvalue weighted by Gasteiger charge is 2.12. The first kappa shape index (κ1) is 14.3. The van der Waals surface area contributed by atoms with Gasteiger partial charge in [0.1, 0.15) is 11.6 Å². The summed E-state index contributed by atoms with van der Waals surface area (Å²) in [4.78, 5) is 13.4. The van der Waals surface area contributed by atoms with E-state index in [-0.39, 0.29) is 23.3 Å². The average Bonchev–Trinajstić information content (AvgIpc) is 2.90. The van der Waals surface area contributed by atoms with Crippen LogP contribution in [0.2, 0.25) is 5.02 Å². The number of aromatic nitrogens is 2. The van der Waals surface area contributed by atoms with Crippen molar-refractivity contribution < 1.29 is 13.9 Å². The van der Waals surface area contributed by atoms with E-state index in [0.717, 1.165) is 11.6 Å². The van der Waals surface area contributed by atoms with Gasteiger partial charge in [0.25, 0.3) is 5.91 Å². The molecule has 0 saturated carbocycles. The van der Waals surface area contributed by atoms with Crippen LogP contribution in [0, 0.1) is 5.82 Å². The number of ether oxygens (including phenoxy) is 1. The van der Waals surface area contributed by atoms with Crippen LogP contribution in [-0.4, -0.2) is 34.7 Å². The number of amides is 1. The second-order valence-electron chi connectivity index (χ2n) is 4.22. The minimum Gasteiger partial charge on any atom is -0.482 e. The van der Waals surface area contributed by atoms with Gasteiger partial charge in [-0.05, 0) is 18.2 Å². The van der Waals surface area contributed by atoms with E-state index in [0.29, 0.717) is 6.54 Å². The summed E-state index contributed by atoms with van der Waals surface area (Å²) >= 11 is 5.81. The first-order valence-corrected chi connectivity index (χ1v) is 6.23. The lowest BCUT2D eigenvalue weighted by atomic mass is 10.3. The highest BCUT2D eigenvalue weighted by molar-refractivity contribution is 6.32. The topological polar surface area (TPSA) is 58.2 Å². The summed E-state index contributed by atoms with van der Waals surface area (Å²) in [5, 5.41) is 6.61. The Morgan fingerprint density at radius 2 is 2.35 bits per heavy atom. The average molecular weight is 298 g/mol. The standard InChI is InChI=1S/C13H13ClFN3O2/c1-18(7-9-5-16-17-6-9)13(19)8-20-12-3-2-10(15)4-11(12)14/h2-6H,7-8H2,1H3,(H,16,17). The summed E-state index contributed by atoms with van der Waals surface area (Å²) in [6.45, 7) is 0.259. The van der Waals surface area contributed by atoms with Gasteiger partial charge in [0.05, 0.1) is 11.2 Å². The van der Waals surface area contributed by atoms with Crippen molar-refractivity contribution in [3.05, 3.63) is 47.0 Å². The number of carbonyl (C=O) groups is 1. The molecular formula is C13H13ClFN3O2. The number of hydrogen-bond donors (Lipinski definition) is 1. The lowest BCUT2D eigenvalue weighted by molar-refractivity contribution is -0.132. The van der Waals surface area contributed by atoms with Crippen LogP contribution < -0.4 is 4.74 Å². The summed E-state index contributed by atoms with van der Waals surface area (Å²) in [7, 11) is 1.66. The lowest BCUT2D eigenvalue weighted by Gasteiger charge is -2.16. The van der Waals surface area contributed by atoms with E-state index in [4.69, 9.17) is 16.3 Å². The van der Waals surface area contributed by atoms with Crippen LogP contribution in [0.25, 0.3) is 0 Å². The summed E-state index contributed by atoms with van der Waals surface area (Å²) < 4.78 is 18.1. The third kappa shape index (κ3) is 3.71. The van der Waals surface area contributed by atoms with Crippen LogP contribution in [0.4, 0.5) is 4.39 Å². The minimum absolute atomic E-state index is 0.135. The largest absolute Gasteiger partial charge is 0.482 e. The lowest BCUT2D eigenvalue weighted by Crippen LogP contribution is -2.30. The number of rotatable bonds is 5. The van der Waals surface area contributed by atoms with Gasteiger partial charge in [0, 0.05) is 25.4 Å². The zero-order chi connectivity index (χ0) is 14.5. The molecule has 20 heavy (non-hydrogen) atoms. The van der Waals surface area contributed by atoms with Crippen molar-refractivity contribution in [3.8, 4) is 5.75 Å². The number of likely N-dealkylation sites (N-methyl/N-ethyl adjacent to an activating group) is 1. The smallest absolute Gasteiger partial charge is 0.260 e. The Morgan fingerprint density at radius 1 is 1.55 bits per heavy atom. The molecule has 1 amide bonds. The van der Waals surface area contributed by atoms with Gasteiger partial charge in [-0.1, -0.05) is 11.6 Å². The van der Waals surface area contributed by atoms with Crippen LogP contribution in [0.3, 0.4) is 0 Å². The molecule has 2 rings (SSSR count). The van der Waals surface area contributed by atoms with Crippen molar-refractivity contribution in [3.63, 3.8) is 0 Å². The van der Waals surface area contributed by atoms with Crippen molar-refractivity contribution >= 4 is 17.5 Å². The van der Waals surface area contributed by atoms with Gasteiger partial charge in [0.15, 0.2) is 6.61 Å². The first-order valence-electron chi connectivity index (χ1n) is 5.85. The molecule has 0 saturated heterocycles. The second-order valence-corrected chi connectivity index (χ2v) is 4.63. The Balaban J connectivity index is 1.88. The van der Waals surface area contributed by atoms with Crippen LogP contribution in [-0.2, 0) is 11.3 Å². The molecule has 0 aliphatic carbocycles. The number of benzene rings is 1. The fourth-order valence-electron chi connectivity index (χ4n) is 1.57. The van der Waals surface area contributed by atoms with Crippen LogP contribution in [0.15, 0.2) is 30.6 Å². The number of hydrogen-bond acceptors (Lipinski definition) is 3. The summed E-state index contributed by atoms with van der Waals surface area (Å²) in [5.41, 5.74) is 0.890. The quantitative estimate of drug-likeness (QED) is 0.921. The van der Waals surface area contributed by atoms with E-state index in [1.54, 1.807) is 19.4 Å². The predicted molar refractivity (Wildman–Crippen MR) is 72.0 cm³/mol. The SMILES string of the molecule is CN(Cc1cn[nH]c1)C(=O)COc1ccc(F)cc1Cl. The van der Waals surface area contributed by atoms with Crippen LogP contribution in [0.1, 0.15) is 5.56 Å². The van der Waals surface area contributed by atoms with E-state index in [1.165, 1.54) is 17.0 Å². The van der Waals surface area contributed by atoms with E-state index in [2.05, 4.69) is 10.2 Å². The Hall–Kier alpha value is -2.08. The molecule has 0 fully saturated rings. The Bertz CT molecular complexity index is 589. The number of nitrogens with one attached hydrogen (secondary N) is 1. The Morgan fingerprint density at radius 3 is 3.00 bits per heavy atom. The van der Waals surface area contributed by atoms with E-state index in [1.807, 2.05) is 0 Å². The molecule has 1 aromatic carbocycles. The third-order valence-corrected chi connectivity index (χ3v) is 2.94. The normalized spacial score (nSPS) is 10.3. The van der Waals surface area contributed by atoms with Gasteiger partial charge in [0.2, 0.25) is 0 Å². The summed E-state index contributed by atoms with van der Waals surface area (Å²) in [6, 6.07) is 3.75. The molecule has 1 N–H and O–H groups in total. The Kier molecular flexibility index (Phi) is 4.57. The molecule has 0 spiro atoms. The van der Waals surface area contributed by atoms with E-state index in [9.17, 15) is 9.18 Å². The molecule has 5 nitrogen and oxygen atoms in total. The molecule has 1 heterocycles. The van der Waals surface area contributed by atoms with Gasteiger partial charge in [-0.3, -0.25) is 9.89 Å². The van der Waals surface area contributed by atoms with Crippen molar-refractivity contribution in [2.45, 2.75) is 6.54 Å². The first-order chi connectivity index (χ1) is 9.56. The van der Waals surface area contributed by atoms with Crippen LogP contribution in [0.5, 0.6) is 5.75 Å². The molecule has 0 radical (unpaired) electrons. The minimum atomic E-state index is -0.453. The second kappa shape index (κ2) is 6.38. The number of H-pyrrole nitrogens is 1. The van der Waals surface area contributed by atoms with Crippen molar-refractivity contribution in [2.75, 3.05) is 13.7 Å². The van der Waals surface area contributed by atoms with Gasteiger partial charge < -0.3 is 9.64 Å². The zero-order valence-corrected chi connectivity index (χ0v) is 11.5. The van der Waals surface area contributed by atoms with Crippen molar-refractivity contribution in [1.29, 1.82) is 0 Å². The highest BCUT2D eigenvalue weighted by atomic mass is 35.5. The van der Waals surface area contributed by atoms with E-state index >= 15 is 0 Å². The fourth-order valence-corrected chi connectivity index (χ4v) is 1.79. The molecular weight excluding hydrogens is 285 g/mol.